The first-order valence-corrected chi connectivity index (χ1v) is 6.28. The summed E-state index contributed by atoms with van der Waals surface area (Å²) in [6, 6.07) is -0.227. The van der Waals surface area contributed by atoms with Crippen molar-refractivity contribution in [2.24, 2.45) is 7.05 Å². The van der Waals surface area contributed by atoms with Crippen LogP contribution in [0, 0.1) is 0 Å². The predicted molar refractivity (Wildman–Crippen MR) is 66.9 cm³/mol. The van der Waals surface area contributed by atoms with Gasteiger partial charge < -0.3 is 15.7 Å². The molecule has 0 saturated heterocycles. The maximum Gasteiger partial charge on any atom is 0.315 e. The van der Waals surface area contributed by atoms with E-state index in [9.17, 15) is 9.90 Å². The number of aliphatic hydroxyl groups is 1. The first-order chi connectivity index (χ1) is 8.63. The first-order valence-electron chi connectivity index (χ1n) is 6.28. The van der Waals surface area contributed by atoms with Crippen molar-refractivity contribution in [2.45, 2.75) is 37.8 Å². The summed E-state index contributed by atoms with van der Waals surface area (Å²) >= 11 is 0. The summed E-state index contributed by atoms with van der Waals surface area (Å²) in [5.41, 5.74) is 0.538. The van der Waals surface area contributed by atoms with E-state index in [-0.39, 0.29) is 12.6 Å². The zero-order valence-electron chi connectivity index (χ0n) is 10.6. The summed E-state index contributed by atoms with van der Waals surface area (Å²) in [5, 5.41) is 19.1. The number of nitrogens with one attached hydrogen (secondary N) is 2. The van der Waals surface area contributed by atoms with Gasteiger partial charge in [-0.25, -0.2) is 4.79 Å². The molecular formula is C12H20N4O2. The van der Waals surface area contributed by atoms with E-state index in [4.69, 9.17) is 0 Å². The van der Waals surface area contributed by atoms with Crippen molar-refractivity contribution < 1.29 is 9.90 Å². The molecule has 0 atom stereocenters. The molecule has 0 unspecified atom stereocenters. The number of carbonyl (C=O) groups excluding carboxylic acids is 1. The Morgan fingerprint density at radius 1 is 1.56 bits per heavy atom. The van der Waals surface area contributed by atoms with Crippen LogP contribution in [0.4, 0.5) is 4.79 Å². The zero-order valence-corrected chi connectivity index (χ0v) is 10.6. The molecule has 0 aromatic carbocycles. The number of urea groups is 1. The molecule has 1 heterocycles. The van der Waals surface area contributed by atoms with E-state index in [1.165, 1.54) is 0 Å². The second kappa shape index (κ2) is 5.39. The third kappa shape index (κ3) is 3.01. The highest BCUT2D eigenvalue weighted by atomic mass is 16.3. The molecule has 0 radical (unpaired) electrons. The first kappa shape index (κ1) is 12.9. The largest absolute Gasteiger partial charge is 0.394 e. The average molecular weight is 252 g/mol. The second-order valence-electron chi connectivity index (χ2n) is 4.98. The highest BCUT2D eigenvalue weighted by Crippen LogP contribution is 2.28. The van der Waals surface area contributed by atoms with Crippen LogP contribution in [0.5, 0.6) is 0 Å². The highest BCUT2D eigenvalue weighted by Gasteiger charge is 2.34. The Morgan fingerprint density at radius 3 is 2.83 bits per heavy atom. The third-order valence-corrected chi connectivity index (χ3v) is 3.45. The SMILES string of the molecule is Cn1cc(CNC(=O)NC2(CO)CCCC2)cn1. The monoisotopic (exact) mass is 252 g/mol. The number of amides is 2. The summed E-state index contributed by atoms with van der Waals surface area (Å²) in [4.78, 5) is 11.8. The van der Waals surface area contributed by atoms with Gasteiger partial charge in [-0.2, -0.15) is 5.10 Å². The number of carbonyl (C=O) groups is 1. The molecule has 18 heavy (non-hydrogen) atoms. The number of rotatable bonds is 4. The number of aryl methyl sites for hydroxylation is 1. The lowest BCUT2D eigenvalue weighted by Gasteiger charge is -2.27. The fraction of sp³-hybridized carbons (Fsp3) is 0.667. The molecule has 0 spiro atoms. The van der Waals surface area contributed by atoms with E-state index >= 15 is 0 Å². The van der Waals surface area contributed by atoms with E-state index < -0.39 is 5.54 Å². The number of aliphatic hydroxyl groups excluding tert-OH is 1. The molecule has 0 aliphatic heterocycles. The van der Waals surface area contributed by atoms with Crippen molar-refractivity contribution in [1.82, 2.24) is 20.4 Å². The number of hydrogen-bond donors (Lipinski definition) is 3. The van der Waals surface area contributed by atoms with Gasteiger partial charge in [0.05, 0.1) is 18.3 Å². The lowest BCUT2D eigenvalue weighted by molar-refractivity contribution is 0.163. The maximum absolute atomic E-state index is 11.8. The topological polar surface area (TPSA) is 79.2 Å². The van der Waals surface area contributed by atoms with Crippen LogP contribution < -0.4 is 10.6 Å². The van der Waals surface area contributed by atoms with Crippen LogP contribution in [0.2, 0.25) is 0 Å². The zero-order chi connectivity index (χ0) is 13.0. The molecule has 1 fully saturated rings. The van der Waals surface area contributed by atoms with Gasteiger partial charge in [-0.1, -0.05) is 12.8 Å². The summed E-state index contributed by atoms with van der Waals surface area (Å²) in [6.07, 6.45) is 7.40. The Hall–Kier alpha value is -1.56. The van der Waals surface area contributed by atoms with E-state index in [0.29, 0.717) is 6.54 Å². The van der Waals surface area contributed by atoms with E-state index in [0.717, 1.165) is 31.2 Å². The van der Waals surface area contributed by atoms with Gasteiger partial charge in [0.25, 0.3) is 0 Å². The summed E-state index contributed by atoms with van der Waals surface area (Å²) in [5.74, 6) is 0. The van der Waals surface area contributed by atoms with E-state index in [1.54, 1.807) is 10.9 Å². The standard InChI is InChI=1S/C12H20N4O2/c1-16-8-10(7-14-16)6-13-11(18)15-12(9-17)4-2-3-5-12/h7-8,17H,2-6,9H2,1H3,(H2,13,15,18). The summed E-state index contributed by atoms with van der Waals surface area (Å²) in [7, 11) is 1.84. The Bertz CT molecular complexity index is 410. The third-order valence-electron chi connectivity index (χ3n) is 3.45. The Kier molecular flexibility index (Phi) is 3.86. The molecule has 3 N–H and O–H groups in total. The minimum Gasteiger partial charge on any atom is -0.394 e. The molecule has 2 amide bonds. The fourth-order valence-electron chi connectivity index (χ4n) is 2.40. The van der Waals surface area contributed by atoms with Gasteiger partial charge in [0.1, 0.15) is 0 Å². The molecule has 6 heteroatoms. The average Bonchev–Trinajstić information content (AvgIpc) is 2.97. The number of aromatic nitrogens is 2. The summed E-state index contributed by atoms with van der Waals surface area (Å²) < 4.78 is 1.70. The smallest absolute Gasteiger partial charge is 0.315 e. The molecule has 100 valence electrons. The molecule has 6 nitrogen and oxygen atoms in total. The molecule has 1 aromatic heterocycles. The number of hydrogen-bond acceptors (Lipinski definition) is 3. The van der Waals surface area contributed by atoms with Gasteiger partial charge in [0, 0.05) is 25.4 Å². The van der Waals surface area contributed by atoms with E-state index in [1.807, 2.05) is 13.2 Å². The lowest BCUT2D eigenvalue weighted by atomic mass is 9.99. The number of nitrogens with zero attached hydrogens (tertiary/aromatic N) is 2. The Labute approximate surface area is 106 Å². The fourth-order valence-corrected chi connectivity index (χ4v) is 2.40. The van der Waals surface area contributed by atoms with Gasteiger partial charge in [-0.3, -0.25) is 4.68 Å². The predicted octanol–water partition coefficient (Wildman–Crippen LogP) is 0.524. The van der Waals surface area contributed by atoms with Crippen molar-refractivity contribution in [3.05, 3.63) is 18.0 Å². The molecule has 0 bridgehead atoms. The highest BCUT2D eigenvalue weighted by molar-refractivity contribution is 5.74. The molecule has 1 aliphatic rings. The maximum atomic E-state index is 11.8. The Morgan fingerprint density at radius 2 is 2.28 bits per heavy atom. The normalized spacial score (nSPS) is 17.7. The Balaban J connectivity index is 1.81. The van der Waals surface area contributed by atoms with Crippen LogP contribution >= 0.6 is 0 Å². The van der Waals surface area contributed by atoms with Gasteiger partial charge in [0.2, 0.25) is 0 Å². The van der Waals surface area contributed by atoms with Crippen molar-refractivity contribution in [3.63, 3.8) is 0 Å². The molecule has 2 rings (SSSR count). The van der Waals surface area contributed by atoms with Gasteiger partial charge >= 0.3 is 6.03 Å². The van der Waals surface area contributed by atoms with Crippen LogP contribution in [0.3, 0.4) is 0 Å². The molecule has 1 saturated carbocycles. The van der Waals surface area contributed by atoms with Crippen LogP contribution in [-0.2, 0) is 13.6 Å². The van der Waals surface area contributed by atoms with Crippen molar-refractivity contribution in [1.29, 1.82) is 0 Å². The summed E-state index contributed by atoms with van der Waals surface area (Å²) in [6.45, 7) is 0.453. The van der Waals surface area contributed by atoms with Crippen LogP contribution in [-0.4, -0.2) is 33.1 Å². The van der Waals surface area contributed by atoms with Crippen molar-refractivity contribution in [2.75, 3.05) is 6.61 Å². The van der Waals surface area contributed by atoms with Crippen LogP contribution in [0.15, 0.2) is 12.4 Å². The molecule has 1 aliphatic carbocycles. The van der Waals surface area contributed by atoms with E-state index in [2.05, 4.69) is 15.7 Å². The van der Waals surface area contributed by atoms with Crippen LogP contribution in [0.1, 0.15) is 31.2 Å². The minimum atomic E-state index is -0.418. The van der Waals surface area contributed by atoms with Gasteiger partial charge in [-0.15, -0.1) is 0 Å². The molecular weight excluding hydrogens is 232 g/mol. The quantitative estimate of drug-likeness (QED) is 0.731. The second-order valence-corrected chi connectivity index (χ2v) is 4.98. The minimum absolute atomic E-state index is 0.00725. The van der Waals surface area contributed by atoms with Crippen molar-refractivity contribution >= 4 is 6.03 Å². The van der Waals surface area contributed by atoms with Crippen LogP contribution in [0.25, 0.3) is 0 Å². The van der Waals surface area contributed by atoms with Gasteiger partial charge in [0.15, 0.2) is 0 Å². The lowest BCUT2D eigenvalue weighted by Crippen LogP contribution is -2.52. The van der Waals surface area contributed by atoms with Gasteiger partial charge in [-0.05, 0) is 12.8 Å². The molecule has 1 aromatic rings. The van der Waals surface area contributed by atoms with Crippen molar-refractivity contribution in [3.8, 4) is 0 Å².